The first kappa shape index (κ1) is 19.4. The monoisotopic (exact) mass is 384 g/mol. The van der Waals surface area contributed by atoms with Crippen molar-refractivity contribution in [2.24, 2.45) is 5.92 Å². The van der Waals surface area contributed by atoms with Crippen LogP contribution in [0.4, 0.5) is 0 Å². The quantitative estimate of drug-likeness (QED) is 0.828. The van der Waals surface area contributed by atoms with Crippen molar-refractivity contribution in [1.29, 1.82) is 0 Å². The Morgan fingerprint density at radius 1 is 1.00 bits per heavy atom. The summed E-state index contributed by atoms with van der Waals surface area (Å²) in [5.74, 6) is 0.221. The second-order valence-corrected chi connectivity index (χ2v) is 7.42. The Kier molecular flexibility index (Phi) is 6.88. The number of hydrogen-bond donors (Lipinski definition) is 1. The SMILES string of the molecule is O=C(NCCc1cccc(Cl)c1)C1CCN(C(=O)Cc2ccccc2)CC1. The van der Waals surface area contributed by atoms with Crippen molar-refractivity contribution in [3.8, 4) is 0 Å². The Bertz CT molecular complexity index is 771. The van der Waals surface area contributed by atoms with Gasteiger partial charge >= 0.3 is 0 Å². The molecule has 1 saturated heterocycles. The summed E-state index contributed by atoms with van der Waals surface area (Å²) >= 11 is 5.98. The number of carbonyl (C=O) groups is 2. The van der Waals surface area contributed by atoms with E-state index in [-0.39, 0.29) is 17.7 Å². The predicted molar refractivity (Wildman–Crippen MR) is 108 cm³/mol. The van der Waals surface area contributed by atoms with E-state index in [2.05, 4.69) is 5.32 Å². The fourth-order valence-corrected chi connectivity index (χ4v) is 3.65. The van der Waals surface area contributed by atoms with E-state index in [1.54, 1.807) is 0 Å². The first-order valence-corrected chi connectivity index (χ1v) is 9.83. The third-order valence-corrected chi connectivity index (χ3v) is 5.25. The Balaban J connectivity index is 1.39. The molecule has 4 nitrogen and oxygen atoms in total. The van der Waals surface area contributed by atoms with Crippen LogP contribution in [0.2, 0.25) is 5.02 Å². The molecule has 1 aliphatic heterocycles. The molecule has 2 amide bonds. The minimum atomic E-state index is -0.00913. The zero-order chi connectivity index (χ0) is 19.1. The normalized spacial score (nSPS) is 14.8. The molecule has 0 aliphatic carbocycles. The average Bonchev–Trinajstić information content (AvgIpc) is 2.69. The molecule has 27 heavy (non-hydrogen) atoms. The topological polar surface area (TPSA) is 49.4 Å². The van der Waals surface area contributed by atoms with Gasteiger partial charge in [0.05, 0.1) is 6.42 Å². The van der Waals surface area contributed by atoms with Gasteiger partial charge < -0.3 is 10.2 Å². The van der Waals surface area contributed by atoms with Crippen LogP contribution in [0.5, 0.6) is 0 Å². The van der Waals surface area contributed by atoms with Gasteiger partial charge in [-0.05, 0) is 42.5 Å². The summed E-state index contributed by atoms with van der Waals surface area (Å²) < 4.78 is 0. The molecule has 0 spiro atoms. The molecule has 3 rings (SSSR count). The van der Waals surface area contributed by atoms with Gasteiger partial charge in [0, 0.05) is 30.6 Å². The molecule has 2 aromatic rings. The number of nitrogens with zero attached hydrogens (tertiary/aromatic N) is 1. The second kappa shape index (κ2) is 9.56. The molecule has 1 fully saturated rings. The molecule has 0 unspecified atom stereocenters. The van der Waals surface area contributed by atoms with Crippen LogP contribution < -0.4 is 5.32 Å². The van der Waals surface area contributed by atoms with E-state index in [4.69, 9.17) is 11.6 Å². The lowest BCUT2D eigenvalue weighted by Gasteiger charge is -2.31. The molecule has 5 heteroatoms. The van der Waals surface area contributed by atoms with Crippen molar-refractivity contribution in [2.45, 2.75) is 25.7 Å². The van der Waals surface area contributed by atoms with Crippen molar-refractivity contribution >= 4 is 23.4 Å². The molecule has 0 saturated carbocycles. The summed E-state index contributed by atoms with van der Waals surface area (Å²) in [6, 6.07) is 17.5. The fourth-order valence-electron chi connectivity index (χ4n) is 3.44. The highest BCUT2D eigenvalue weighted by Crippen LogP contribution is 2.18. The summed E-state index contributed by atoms with van der Waals surface area (Å²) in [6.07, 6.45) is 2.64. The molecule has 2 aromatic carbocycles. The summed E-state index contributed by atoms with van der Waals surface area (Å²) in [5, 5.41) is 3.73. The van der Waals surface area contributed by atoms with Gasteiger partial charge in [-0.2, -0.15) is 0 Å². The number of rotatable bonds is 6. The van der Waals surface area contributed by atoms with E-state index in [0.717, 1.165) is 30.4 Å². The van der Waals surface area contributed by atoms with Crippen molar-refractivity contribution in [2.75, 3.05) is 19.6 Å². The maximum absolute atomic E-state index is 12.4. The molecule has 0 bridgehead atoms. The molecule has 1 N–H and O–H groups in total. The van der Waals surface area contributed by atoms with Crippen molar-refractivity contribution < 1.29 is 9.59 Å². The van der Waals surface area contributed by atoms with Gasteiger partial charge in [-0.3, -0.25) is 9.59 Å². The van der Waals surface area contributed by atoms with Crippen LogP contribution in [0.1, 0.15) is 24.0 Å². The van der Waals surface area contributed by atoms with E-state index in [1.165, 1.54) is 0 Å². The molecular formula is C22H25ClN2O2. The summed E-state index contributed by atoms with van der Waals surface area (Å²) in [4.78, 5) is 26.7. The van der Waals surface area contributed by atoms with Gasteiger partial charge in [0.2, 0.25) is 11.8 Å². The van der Waals surface area contributed by atoms with Crippen LogP contribution in [0.15, 0.2) is 54.6 Å². The minimum absolute atomic E-state index is 0.00913. The largest absolute Gasteiger partial charge is 0.356 e. The molecular weight excluding hydrogens is 360 g/mol. The number of hydrogen-bond acceptors (Lipinski definition) is 2. The standard InChI is InChI=1S/C22H25ClN2O2/c23-20-8-4-7-18(15-20)9-12-24-22(27)19-10-13-25(14-11-19)21(26)16-17-5-2-1-3-6-17/h1-8,15,19H,9-14,16H2,(H,24,27). The van der Waals surface area contributed by atoms with Crippen molar-refractivity contribution in [3.63, 3.8) is 0 Å². The smallest absolute Gasteiger partial charge is 0.226 e. The predicted octanol–water partition coefficient (Wildman–Crippen LogP) is 3.48. The van der Waals surface area contributed by atoms with Crippen LogP contribution >= 0.6 is 11.6 Å². The minimum Gasteiger partial charge on any atom is -0.356 e. The highest BCUT2D eigenvalue weighted by atomic mass is 35.5. The highest BCUT2D eigenvalue weighted by molar-refractivity contribution is 6.30. The summed E-state index contributed by atoms with van der Waals surface area (Å²) in [5.41, 5.74) is 2.15. The summed E-state index contributed by atoms with van der Waals surface area (Å²) in [7, 11) is 0. The van der Waals surface area contributed by atoms with Gasteiger partial charge in [0.25, 0.3) is 0 Å². The lowest BCUT2D eigenvalue weighted by Crippen LogP contribution is -2.43. The lowest BCUT2D eigenvalue weighted by atomic mass is 9.95. The molecule has 142 valence electrons. The zero-order valence-electron chi connectivity index (χ0n) is 15.4. The van der Waals surface area contributed by atoms with Crippen molar-refractivity contribution in [3.05, 3.63) is 70.7 Å². The highest BCUT2D eigenvalue weighted by Gasteiger charge is 2.27. The third-order valence-electron chi connectivity index (χ3n) is 5.02. The van der Waals surface area contributed by atoms with E-state index in [9.17, 15) is 9.59 Å². The van der Waals surface area contributed by atoms with Crippen LogP contribution in [-0.2, 0) is 22.4 Å². The molecule has 1 aliphatic rings. The fraction of sp³-hybridized carbons (Fsp3) is 0.364. The maximum atomic E-state index is 12.4. The van der Waals surface area contributed by atoms with E-state index < -0.39 is 0 Å². The lowest BCUT2D eigenvalue weighted by molar-refractivity contribution is -0.135. The van der Waals surface area contributed by atoms with E-state index in [1.807, 2.05) is 59.5 Å². The van der Waals surface area contributed by atoms with E-state index >= 15 is 0 Å². The first-order valence-electron chi connectivity index (χ1n) is 9.45. The number of benzene rings is 2. The second-order valence-electron chi connectivity index (χ2n) is 6.99. The molecule has 0 atom stereocenters. The van der Waals surface area contributed by atoms with Crippen LogP contribution in [0.3, 0.4) is 0 Å². The Labute approximate surface area is 165 Å². The van der Waals surface area contributed by atoms with Crippen LogP contribution in [0, 0.1) is 5.92 Å². The number of carbonyl (C=O) groups excluding carboxylic acids is 2. The third kappa shape index (κ3) is 5.83. The number of likely N-dealkylation sites (tertiary alicyclic amines) is 1. The van der Waals surface area contributed by atoms with E-state index in [0.29, 0.717) is 31.1 Å². The molecule has 0 radical (unpaired) electrons. The first-order chi connectivity index (χ1) is 13.1. The van der Waals surface area contributed by atoms with Gasteiger partial charge in [0.1, 0.15) is 0 Å². The zero-order valence-corrected chi connectivity index (χ0v) is 16.1. The Hall–Kier alpha value is -2.33. The van der Waals surface area contributed by atoms with Crippen LogP contribution in [-0.4, -0.2) is 36.3 Å². The number of amides is 2. The maximum Gasteiger partial charge on any atom is 0.226 e. The number of halogens is 1. The van der Waals surface area contributed by atoms with Gasteiger partial charge in [-0.25, -0.2) is 0 Å². The Morgan fingerprint density at radius 2 is 1.70 bits per heavy atom. The van der Waals surface area contributed by atoms with Crippen molar-refractivity contribution in [1.82, 2.24) is 10.2 Å². The van der Waals surface area contributed by atoms with Gasteiger partial charge in [-0.15, -0.1) is 0 Å². The molecule has 0 aromatic heterocycles. The number of nitrogens with one attached hydrogen (secondary N) is 1. The Morgan fingerprint density at radius 3 is 2.41 bits per heavy atom. The van der Waals surface area contributed by atoms with Gasteiger partial charge in [-0.1, -0.05) is 54.1 Å². The average molecular weight is 385 g/mol. The number of piperidine rings is 1. The summed E-state index contributed by atoms with van der Waals surface area (Å²) in [6.45, 7) is 1.91. The van der Waals surface area contributed by atoms with Gasteiger partial charge in [0.15, 0.2) is 0 Å². The molecule has 1 heterocycles. The van der Waals surface area contributed by atoms with Crippen LogP contribution in [0.25, 0.3) is 0 Å².